The summed E-state index contributed by atoms with van der Waals surface area (Å²) in [5.41, 5.74) is 1.17. The van der Waals surface area contributed by atoms with Gasteiger partial charge in [-0.05, 0) is 52.9 Å². The van der Waals surface area contributed by atoms with E-state index in [1.54, 1.807) is 12.1 Å². The van der Waals surface area contributed by atoms with Crippen molar-refractivity contribution in [2.75, 3.05) is 12.4 Å². The molecule has 0 aliphatic rings. The highest BCUT2D eigenvalue weighted by atomic mass is 127. The minimum Gasteiger partial charge on any atom is -0.465 e. The average molecular weight is 389 g/mol. The molecule has 0 bridgehead atoms. The van der Waals surface area contributed by atoms with Gasteiger partial charge in [-0.3, -0.25) is 0 Å². The van der Waals surface area contributed by atoms with Crippen molar-refractivity contribution in [2.45, 2.75) is 0 Å². The van der Waals surface area contributed by atoms with Gasteiger partial charge in [-0.1, -0.05) is 11.6 Å². The zero-order chi connectivity index (χ0) is 13.8. The number of hydrogen-bond donors (Lipinski definition) is 1. The Hall–Kier alpha value is -1.34. The third-order valence-electron chi connectivity index (χ3n) is 2.37. The van der Waals surface area contributed by atoms with Crippen LogP contribution in [0.2, 0.25) is 5.02 Å². The molecule has 0 atom stereocenters. The lowest BCUT2D eigenvalue weighted by Gasteiger charge is -2.08. The second kappa shape index (κ2) is 6.21. The molecular weight excluding hydrogens is 379 g/mol. The number of pyridine rings is 1. The third kappa shape index (κ3) is 3.57. The number of hydrogen-bond acceptors (Lipinski definition) is 4. The normalized spacial score (nSPS) is 10.1. The Morgan fingerprint density at radius 3 is 2.84 bits per heavy atom. The van der Waals surface area contributed by atoms with Crippen LogP contribution in [0.25, 0.3) is 0 Å². The first-order valence-electron chi connectivity index (χ1n) is 5.36. The summed E-state index contributed by atoms with van der Waals surface area (Å²) in [4.78, 5) is 15.6. The van der Waals surface area contributed by atoms with Crippen LogP contribution in [-0.2, 0) is 4.74 Å². The minimum atomic E-state index is -0.404. The van der Waals surface area contributed by atoms with E-state index in [0.717, 1.165) is 9.26 Å². The van der Waals surface area contributed by atoms with Gasteiger partial charge in [0.25, 0.3) is 0 Å². The lowest BCUT2D eigenvalue weighted by Crippen LogP contribution is -2.03. The van der Waals surface area contributed by atoms with Crippen LogP contribution in [0.4, 0.5) is 11.5 Å². The van der Waals surface area contributed by atoms with E-state index in [-0.39, 0.29) is 0 Å². The molecule has 4 nitrogen and oxygen atoms in total. The zero-order valence-corrected chi connectivity index (χ0v) is 12.9. The van der Waals surface area contributed by atoms with Crippen LogP contribution < -0.4 is 5.32 Å². The van der Waals surface area contributed by atoms with Crippen LogP contribution in [-0.4, -0.2) is 18.1 Å². The van der Waals surface area contributed by atoms with Gasteiger partial charge >= 0.3 is 5.97 Å². The van der Waals surface area contributed by atoms with E-state index in [2.05, 4.69) is 37.6 Å². The smallest absolute Gasteiger partial charge is 0.338 e. The van der Waals surface area contributed by atoms with Gasteiger partial charge in [-0.2, -0.15) is 0 Å². The van der Waals surface area contributed by atoms with Crippen LogP contribution >= 0.6 is 34.2 Å². The quantitative estimate of drug-likeness (QED) is 0.641. The number of rotatable bonds is 3. The minimum absolute atomic E-state index is 0.404. The molecule has 1 heterocycles. The number of nitrogens with one attached hydrogen (secondary N) is 1. The molecule has 6 heteroatoms. The molecule has 0 amide bonds. The fourth-order valence-corrected chi connectivity index (χ4v) is 2.38. The van der Waals surface area contributed by atoms with Gasteiger partial charge in [0.05, 0.1) is 23.4 Å². The van der Waals surface area contributed by atoms with Crippen molar-refractivity contribution in [2.24, 2.45) is 0 Å². The van der Waals surface area contributed by atoms with Crippen molar-refractivity contribution in [3.05, 3.63) is 50.7 Å². The van der Waals surface area contributed by atoms with Crippen molar-refractivity contribution in [3.8, 4) is 0 Å². The average Bonchev–Trinajstić information content (AvgIpc) is 2.41. The third-order valence-corrected chi connectivity index (χ3v) is 3.36. The molecule has 0 fully saturated rings. The molecule has 0 saturated carbocycles. The summed E-state index contributed by atoms with van der Waals surface area (Å²) in [5.74, 6) is 0.130. The lowest BCUT2D eigenvalue weighted by molar-refractivity contribution is 0.0600. The molecule has 0 unspecified atom stereocenters. The molecule has 1 aromatic carbocycles. The molecular formula is C13H10ClIN2O2. The molecule has 19 heavy (non-hydrogen) atoms. The van der Waals surface area contributed by atoms with Crippen molar-refractivity contribution >= 4 is 51.7 Å². The van der Waals surface area contributed by atoms with Gasteiger partial charge in [-0.25, -0.2) is 9.78 Å². The van der Waals surface area contributed by atoms with Crippen LogP contribution in [0.3, 0.4) is 0 Å². The van der Waals surface area contributed by atoms with Crippen molar-refractivity contribution in [1.82, 2.24) is 4.98 Å². The fraction of sp³-hybridized carbons (Fsp3) is 0.0769. The largest absolute Gasteiger partial charge is 0.465 e. The number of ether oxygens (including phenoxy) is 1. The van der Waals surface area contributed by atoms with Crippen molar-refractivity contribution in [3.63, 3.8) is 0 Å². The van der Waals surface area contributed by atoms with E-state index in [1.165, 1.54) is 13.3 Å². The first kappa shape index (κ1) is 14.1. The highest BCUT2D eigenvalue weighted by Gasteiger charge is 2.07. The van der Waals surface area contributed by atoms with Crippen LogP contribution in [0.1, 0.15) is 10.4 Å². The summed E-state index contributed by atoms with van der Waals surface area (Å²) >= 11 is 8.31. The van der Waals surface area contributed by atoms with Crippen molar-refractivity contribution < 1.29 is 9.53 Å². The summed E-state index contributed by atoms with van der Waals surface area (Å²) in [6.07, 6.45) is 1.54. The molecule has 0 aliphatic carbocycles. The molecule has 1 N–H and O–H groups in total. The molecule has 0 radical (unpaired) electrons. The molecule has 0 saturated heterocycles. The van der Waals surface area contributed by atoms with Crippen LogP contribution in [0.5, 0.6) is 0 Å². The summed E-state index contributed by atoms with van der Waals surface area (Å²) in [5, 5.41) is 3.66. The number of methoxy groups -OCH3 is 1. The van der Waals surface area contributed by atoms with Gasteiger partial charge in [0.1, 0.15) is 5.82 Å². The Morgan fingerprint density at radius 2 is 2.16 bits per heavy atom. The molecule has 1 aromatic heterocycles. The Kier molecular flexibility index (Phi) is 4.60. The highest BCUT2D eigenvalue weighted by molar-refractivity contribution is 14.1. The van der Waals surface area contributed by atoms with E-state index in [4.69, 9.17) is 11.6 Å². The van der Waals surface area contributed by atoms with Crippen molar-refractivity contribution in [1.29, 1.82) is 0 Å². The molecule has 0 aliphatic heterocycles. The summed E-state index contributed by atoms with van der Waals surface area (Å²) in [6, 6.07) is 8.83. The van der Waals surface area contributed by atoms with Crippen LogP contribution in [0.15, 0.2) is 36.5 Å². The maximum atomic E-state index is 11.4. The number of carbonyl (C=O) groups excluding carboxylic acids is 1. The number of esters is 1. The summed E-state index contributed by atoms with van der Waals surface area (Å²) in [7, 11) is 1.34. The Bertz CT molecular complexity index is 619. The van der Waals surface area contributed by atoms with E-state index in [0.29, 0.717) is 16.4 Å². The first-order valence-corrected chi connectivity index (χ1v) is 6.82. The SMILES string of the molecule is COC(=O)c1ccnc(Nc2ccc(I)cc2Cl)c1. The maximum Gasteiger partial charge on any atom is 0.338 e. The van der Waals surface area contributed by atoms with Crippen LogP contribution in [0, 0.1) is 3.57 Å². The number of aromatic nitrogens is 1. The lowest BCUT2D eigenvalue weighted by atomic mass is 10.2. The van der Waals surface area contributed by atoms with Gasteiger partial charge in [-0.15, -0.1) is 0 Å². The maximum absolute atomic E-state index is 11.4. The van der Waals surface area contributed by atoms with Gasteiger partial charge in [0.2, 0.25) is 0 Å². The Morgan fingerprint density at radius 1 is 1.37 bits per heavy atom. The summed E-state index contributed by atoms with van der Waals surface area (Å²) in [6.45, 7) is 0. The van der Waals surface area contributed by atoms with Gasteiger partial charge < -0.3 is 10.1 Å². The van der Waals surface area contributed by atoms with Gasteiger partial charge in [0.15, 0.2) is 0 Å². The second-order valence-corrected chi connectivity index (χ2v) is 5.32. The summed E-state index contributed by atoms with van der Waals surface area (Å²) < 4.78 is 5.71. The number of halogens is 2. The second-order valence-electron chi connectivity index (χ2n) is 3.67. The predicted molar refractivity (Wildman–Crippen MR) is 83.0 cm³/mol. The Balaban J connectivity index is 2.26. The van der Waals surface area contributed by atoms with E-state index in [9.17, 15) is 4.79 Å². The monoisotopic (exact) mass is 388 g/mol. The highest BCUT2D eigenvalue weighted by Crippen LogP contribution is 2.26. The first-order chi connectivity index (χ1) is 9.10. The molecule has 2 rings (SSSR count). The van der Waals surface area contributed by atoms with E-state index in [1.807, 2.05) is 18.2 Å². The van der Waals surface area contributed by atoms with E-state index >= 15 is 0 Å². The van der Waals surface area contributed by atoms with E-state index < -0.39 is 5.97 Å². The number of nitrogens with zero attached hydrogens (tertiary/aromatic N) is 1. The topological polar surface area (TPSA) is 51.2 Å². The zero-order valence-electron chi connectivity index (χ0n) is 9.98. The fourth-order valence-electron chi connectivity index (χ4n) is 1.47. The number of carbonyl (C=O) groups is 1. The number of anilines is 2. The molecule has 2 aromatic rings. The number of benzene rings is 1. The standard InChI is InChI=1S/C13H10ClIN2O2/c1-19-13(18)8-4-5-16-12(6-8)17-11-3-2-9(15)7-10(11)14/h2-7H,1H3,(H,16,17). The molecule has 98 valence electrons. The van der Waals surface area contributed by atoms with Gasteiger partial charge in [0, 0.05) is 9.77 Å². The predicted octanol–water partition coefficient (Wildman–Crippen LogP) is 3.87. The Labute approximate surface area is 129 Å². The molecule has 0 spiro atoms.